The van der Waals surface area contributed by atoms with Gasteiger partial charge in [0.2, 0.25) is 11.8 Å². The van der Waals surface area contributed by atoms with Crippen LogP contribution in [0.2, 0.25) is 0 Å². The van der Waals surface area contributed by atoms with Crippen molar-refractivity contribution in [1.29, 1.82) is 0 Å². The molecule has 0 aliphatic carbocycles. The number of hydrogen-bond donors (Lipinski definition) is 0. The van der Waals surface area contributed by atoms with E-state index in [0.717, 1.165) is 25.8 Å². The van der Waals surface area contributed by atoms with Crippen LogP contribution in [0.1, 0.15) is 32.6 Å². The zero-order valence-electron chi connectivity index (χ0n) is 10.4. The van der Waals surface area contributed by atoms with Crippen molar-refractivity contribution in [3.63, 3.8) is 0 Å². The predicted molar refractivity (Wildman–Crippen MR) is 65.3 cm³/mol. The number of nitrogens with zero attached hydrogens (tertiary/aromatic N) is 2. The maximum Gasteiger partial charge on any atom is 0.245 e. The van der Waals surface area contributed by atoms with Gasteiger partial charge < -0.3 is 9.80 Å². The molecular weight excluding hydrogens is 216 g/mol. The van der Waals surface area contributed by atoms with Crippen molar-refractivity contribution in [2.24, 2.45) is 0 Å². The fourth-order valence-electron chi connectivity index (χ4n) is 2.79. The van der Waals surface area contributed by atoms with Gasteiger partial charge in [-0.1, -0.05) is 6.08 Å². The first-order valence-corrected chi connectivity index (χ1v) is 6.36. The largest absolute Gasteiger partial charge is 0.337 e. The summed E-state index contributed by atoms with van der Waals surface area (Å²) in [5.41, 5.74) is 0. The van der Waals surface area contributed by atoms with E-state index in [1.165, 1.54) is 0 Å². The summed E-state index contributed by atoms with van der Waals surface area (Å²) in [6.45, 7) is 7.04. The van der Waals surface area contributed by atoms with E-state index in [2.05, 4.69) is 6.58 Å². The monoisotopic (exact) mass is 236 g/mol. The first-order valence-electron chi connectivity index (χ1n) is 6.36. The van der Waals surface area contributed by atoms with Crippen molar-refractivity contribution >= 4 is 11.8 Å². The zero-order valence-corrected chi connectivity index (χ0v) is 10.4. The molecule has 0 saturated carbocycles. The molecule has 2 aliphatic heterocycles. The molecule has 2 atom stereocenters. The Balaban J connectivity index is 2.16. The fourth-order valence-corrected chi connectivity index (χ4v) is 2.79. The average Bonchev–Trinajstić information content (AvgIpc) is 2.74. The van der Waals surface area contributed by atoms with E-state index in [1.54, 1.807) is 4.90 Å². The van der Waals surface area contributed by atoms with Crippen LogP contribution in [0, 0.1) is 0 Å². The lowest BCUT2D eigenvalue weighted by molar-refractivity contribution is -0.140. The first kappa shape index (κ1) is 12.1. The molecule has 0 radical (unpaired) electrons. The van der Waals surface area contributed by atoms with Gasteiger partial charge >= 0.3 is 0 Å². The Kier molecular flexibility index (Phi) is 3.50. The predicted octanol–water partition coefficient (Wildman–Crippen LogP) is 1.17. The molecule has 94 valence electrons. The fraction of sp³-hybridized carbons (Fsp3) is 0.692. The molecule has 17 heavy (non-hydrogen) atoms. The minimum absolute atomic E-state index is 0.128. The van der Waals surface area contributed by atoms with Gasteiger partial charge in [0, 0.05) is 25.6 Å². The van der Waals surface area contributed by atoms with Gasteiger partial charge in [0.05, 0.1) is 0 Å². The molecule has 0 aromatic heterocycles. The van der Waals surface area contributed by atoms with Crippen LogP contribution in [0.5, 0.6) is 0 Å². The molecule has 2 aliphatic rings. The van der Waals surface area contributed by atoms with Crippen molar-refractivity contribution in [3.05, 3.63) is 12.7 Å². The minimum atomic E-state index is -0.197. The highest BCUT2D eigenvalue weighted by Gasteiger charge is 2.40. The molecule has 0 spiro atoms. The molecule has 0 bridgehead atoms. The summed E-state index contributed by atoms with van der Waals surface area (Å²) in [5, 5.41) is 0. The maximum absolute atomic E-state index is 12.4. The SMILES string of the molecule is C=CCC(C)N1CCC(=O)N2CCCC2C1=O. The number of fused-ring (bicyclic) bond motifs is 1. The Bertz CT molecular complexity index is 340. The van der Waals surface area contributed by atoms with E-state index in [-0.39, 0.29) is 23.9 Å². The summed E-state index contributed by atoms with van der Waals surface area (Å²) in [6, 6.07) is -0.0504. The summed E-state index contributed by atoms with van der Waals surface area (Å²) in [6.07, 6.45) is 4.85. The molecule has 2 amide bonds. The molecule has 4 heteroatoms. The standard InChI is InChI=1S/C13H20N2O2/c1-3-5-10(2)14-9-7-12(16)15-8-4-6-11(15)13(14)17/h3,10-11H,1,4-9H2,2H3. The Labute approximate surface area is 102 Å². The Hall–Kier alpha value is -1.32. The van der Waals surface area contributed by atoms with Gasteiger partial charge in [-0.3, -0.25) is 9.59 Å². The summed E-state index contributed by atoms with van der Waals surface area (Å²) >= 11 is 0. The lowest BCUT2D eigenvalue weighted by atomic mass is 10.1. The van der Waals surface area contributed by atoms with Crippen LogP contribution in [0.3, 0.4) is 0 Å². The maximum atomic E-state index is 12.4. The van der Waals surface area contributed by atoms with Crippen LogP contribution in [0.25, 0.3) is 0 Å². The molecule has 0 aromatic carbocycles. The summed E-state index contributed by atoms with van der Waals surface area (Å²) in [5.74, 6) is 0.261. The number of rotatable bonds is 3. The number of hydrogen-bond acceptors (Lipinski definition) is 2. The highest BCUT2D eigenvalue weighted by atomic mass is 16.2. The number of carbonyl (C=O) groups is 2. The average molecular weight is 236 g/mol. The van der Waals surface area contributed by atoms with Crippen molar-refractivity contribution in [2.45, 2.75) is 44.7 Å². The van der Waals surface area contributed by atoms with E-state index in [0.29, 0.717) is 13.0 Å². The Morgan fingerprint density at radius 3 is 2.94 bits per heavy atom. The third kappa shape index (κ3) is 2.21. The molecule has 0 N–H and O–H groups in total. The van der Waals surface area contributed by atoms with E-state index in [9.17, 15) is 9.59 Å². The van der Waals surface area contributed by atoms with E-state index in [1.807, 2.05) is 17.9 Å². The molecule has 4 nitrogen and oxygen atoms in total. The van der Waals surface area contributed by atoms with Gasteiger partial charge in [0.25, 0.3) is 0 Å². The number of carbonyl (C=O) groups excluding carboxylic acids is 2. The number of amides is 2. The normalized spacial score (nSPS) is 26.8. The molecule has 2 heterocycles. The van der Waals surface area contributed by atoms with Crippen molar-refractivity contribution in [3.8, 4) is 0 Å². The topological polar surface area (TPSA) is 40.6 Å². The summed E-state index contributed by atoms with van der Waals surface area (Å²) in [4.78, 5) is 27.9. The lowest BCUT2D eigenvalue weighted by Crippen LogP contribution is -2.46. The van der Waals surface area contributed by atoms with Gasteiger partial charge in [-0.05, 0) is 26.2 Å². The van der Waals surface area contributed by atoms with Crippen LogP contribution < -0.4 is 0 Å². The molecule has 2 unspecified atom stereocenters. The molecule has 2 saturated heterocycles. The Morgan fingerprint density at radius 2 is 2.24 bits per heavy atom. The van der Waals surface area contributed by atoms with Crippen LogP contribution in [-0.2, 0) is 9.59 Å². The summed E-state index contributed by atoms with van der Waals surface area (Å²) < 4.78 is 0. The van der Waals surface area contributed by atoms with E-state index in [4.69, 9.17) is 0 Å². The Morgan fingerprint density at radius 1 is 1.47 bits per heavy atom. The van der Waals surface area contributed by atoms with Crippen molar-refractivity contribution < 1.29 is 9.59 Å². The lowest BCUT2D eigenvalue weighted by Gasteiger charge is -2.29. The van der Waals surface area contributed by atoms with Gasteiger partial charge in [0.1, 0.15) is 6.04 Å². The van der Waals surface area contributed by atoms with Crippen molar-refractivity contribution in [2.75, 3.05) is 13.1 Å². The smallest absolute Gasteiger partial charge is 0.245 e. The second-order valence-electron chi connectivity index (χ2n) is 4.90. The zero-order chi connectivity index (χ0) is 12.4. The van der Waals surface area contributed by atoms with Gasteiger partial charge in [0.15, 0.2) is 0 Å². The van der Waals surface area contributed by atoms with E-state index >= 15 is 0 Å². The van der Waals surface area contributed by atoms with Gasteiger partial charge in [-0.2, -0.15) is 0 Å². The van der Waals surface area contributed by atoms with Gasteiger partial charge in [-0.25, -0.2) is 0 Å². The highest BCUT2D eigenvalue weighted by Crippen LogP contribution is 2.24. The molecule has 2 rings (SSSR count). The molecule has 2 fully saturated rings. The second-order valence-corrected chi connectivity index (χ2v) is 4.90. The second kappa shape index (κ2) is 4.90. The first-order chi connectivity index (χ1) is 8.15. The third-order valence-electron chi connectivity index (χ3n) is 3.75. The van der Waals surface area contributed by atoms with Crippen LogP contribution in [0.15, 0.2) is 12.7 Å². The quantitative estimate of drug-likeness (QED) is 0.690. The van der Waals surface area contributed by atoms with E-state index < -0.39 is 0 Å². The molecular formula is C13H20N2O2. The van der Waals surface area contributed by atoms with Crippen LogP contribution in [-0.4, -0.2) is 46.8 Å². The summed E-state index contributed by atoms with van der Waals surface area (Å²) in [7, 11) is 0. The molecule has 0 aromatic rings. The van der Waals surface area contributed by atoms with Crippen LogP contribution in [0.4, 0.5) is 0 Å². The van der Waals surface area contributed by atoms with Crippen LogP contribution >= 0.6 is 0 Å². The minimum Gasteiger partial charge on any atom is -0.337 e. The highest BCUT2D eigenvalue weighted by molar-refractivity contribution is 5.90. The third-order valence-corrected chi connectivity index (χ3v) is 3.75. The van der Waals surface area contributed by atoms with Crippen molar-refractivity contribution in [1.82, 2.24) is 9.80 Å². The van der Waals surface area contributed by atoms with Gasteiger partial charge in [-0.15, -0.1) is 6.58 Å².